The Morgan fingerprint density at radius 2 is 2.24 bits per heavy atom. The summed E-state index contributed by atoms with van der Waals surface area (Å²) < 4.78 is 9.93. The summed E-state index contributed by atoms with van der Waals surface area (Å²) in [6, 6.07) is -0.477. The summed E-state index contributed by atoms with van der Waals surface area (Å²) in [5, 5.41) is 23.2. The summed E-state index contributed by atoms with van der Waals surface area (Å²) in [7, 11) is 2.81. The van der Waals surface area contributed by atoms with E-state index in [0.29, 0.717) is 5.17 Å². The average molecular weight is 262 g/mol. The highest BCUT2D eigenvalue weighted by Crippen LogP contribution is 2.34. The zero-order valence-corrected chi connectivity index (χ0v) is 10.2. The molecule has 2 rings (SSSR count). The van der Waals surface area contributed by atoms with Crippen molar-refractivity contribution < 1.29 is 24.5 Å². The quantitative estimate of drug-likeness (QED) is 0.484. The Hall–Kier alpha value is -0.830. The minimum absolute atomic E-state index is 0.462. The number of aliphatic hydroxyl groups excluding tert-OH is 2. The first kappa shape index (κ1) is 12.6. The molecule has 2 saturated heterocycles. The maximum absolute atomic E-state index is 11.4. The highest BCUT2D eigenvalue weighted by molar-refractivity contribution is 8.14. The van der Waals surface area contributed by atoms with Crippen LogP contribution in [0.2, 0.25) is 0 Å². The third-order valence-corrected chi connectivity index (χ3v) is 3.92. The van der Waals surface area contributed by atoms with E-state index in [1.807, 2.05) is 0 Å². The molecule has 7 nitrogen and oxygen atoms in total. The molecule has 0 saturated carbocycles. The highest BCUT2D eigenvalue weighted by Gasteiger charge is 2.51. The van der Waals surface area contributed by atoms with Crippen LogP contribution in [0.15, 0.2) is 4.99 Å². The lowest BCUT2D eigenvalue weighted by Gasteiger charge is -2.37. The van der Waals surface area contributed by atoms with Gasteiger partial charge in [-0.1, -0.05) is 11.8 Å². The van der Waals surface area contributed by atoms with Crippen LogP contribution in [-0.2, 0) is 14.3 Å². The van der Waals surface area contributed by atoms with Gasteiger partial charge < -0.3 is 25.0 Å². The van der Waals surface area contributed by atoms with Gasteiger partial charge >= 0.3 is 5.97 Å². The van der Waals surface area contributed by atoms with E-state index in [1.165, 1.54) is 18.9 Å². The smallest absolute Gasteiger partial charge is 0.337 e. The van der Waals surface area contributed by atoms with Gasteiger partial charge in [-0.25, -0.2) is 4.79 Å². The first-order valence-corrected chi connectivity index (χ1v) is 5.96. The number of carbonyl (C=O) groups excluding carboxylic acids is 1. The van der Waals surface area contributed by atoms with Gasteiger partial charge in [0, 0.05) is 7.05 Å². The van der Waals surface area contributed by atoms with Crippen LogP contribution in [0.1, 0.15) is 0 Å². The number of hydrogen-bond acceptors (Lipinski definition) is 7. The van der Waals surface area contributed by atoms with Crippen molar-refractivity contribution in [2.45, 2.75) is 29.8 Å². The molecule has 5 atom stereocenters. The second kappa shape index (κ2) is 4.81. The summed E-state index contributed by atoms with van der Waals surface area (Å²) in [6.07, 6.45) is -3.58. The first-order valence-electron chi connectivity index (χ1n) is 5.08. The number of esters is 1. The summed E-state index contributed by atoms with van der Waals surface area (Å²) in [4.78, 5) is 15.3. The SMILES string of the molecule is CN=C1NC2C(OC(C(=O)OC)C(O)C2O)S1. The highest BCUT2D eigenvalue weighted by atomic mass is 32.2. The van der Waals surface area contributed by atoms with Crippen molar-refractivity contribution in [3.63, 3.8) is 0 Å². The zero-order valence-electron chi connectivity index (χ0n) is 9.36. The third kappa shape index (κ3) is 2.13. The molecule has 2 aliphatic rings. The van der Waals surface area contributed by atoms with E-state index in [9.17, 15) is 15.0 Å². The lowest BCUT2D eigenvalue weighted by atomic mass is 9.98. The lowest BCUT2D eigenvalue weighted by molar-refractivity contribution is -0.189. The molecule has 0 amide bonds. The van der Waals surface area contributed by atoms with Crippen LogP contribution in [0.3, 0.4) is 0 Å². The van der Waals surface area contributed by atoms with E-state index in [-0.39, 0.29) is 0 Å². The Kier molecular flexibility index (Phi) is 3.57. The fourth-order valence-electron chi connectivity index (χ4n) is 1.83. The van der Waals surface area contributed by atoms with Gasteiger partial charge in [-0.2, -0.15) is 0 Å². The zero-order chi connectivity index (χ0) is 12.6. The Morgan fingerprint density at radius 1 is 1.53 bits per heavy atom. The van der Waals surface area contributed by atoms with Crippen LogP contribution in [0, 0.1) is 0 Å². The van der Waals surface area contributed by atoms with Crippen LogP contribution in [0.4, 0.5) is 0 Å². The second-order valence-corrected chi connectivity index (χ2v) is 4.83. The van der Waals surface area contributed by atoms with E-state index >= 15 is 0 Å². The number of fused-ring (bicyclic) bond motifs is 1. The van der Waals surface area contributed by atoms with E-state index < -0.39 is 35.8 Å². The monoisotopic (exact) mass is 262 g/mol. The number of hydrogen-bond donors (Lipinski definition) is 3. The van der Waals surface area contributed by atoms with Crippen molar-refractivity contribution in [3.05, 3.63) is 0 Å². The minimum atomic E-state index is -1.31. The van der Waals surface area contributed by atoms with E-state index in [4.69, 9.17) is 4.74 Å². The number of thioether (sulfide) groups is 1. The second-order valence-electron chi connectivity index (χ2n) is 3.75. The molecule has 0 aromatic heterocycles. The van der Waals surface area contributed by atoms with Crippen LogP contribution in [-0.4, -0.2) is 65.3 Å². The summed E-state index contributed by atoms with van der Waals surface area (Å²) in [5.74, 6) is -0.697. The predicted octanol–water partition coefficient (Wildman–Crippen LogP) is -1.70. The Morgan fingerprint density at radius 3 is 2.82 bits per heavy atom. The van der Waals surface area contributed by atoms with Gasteiger partial charge in [0.2, 0.25) is 0 Å². The fourth-order valence-corrected chi connectivity index (χ4v) is 2.91. The van der Waals surface area contributed by atoms with Crippen molar-refractivity contribution in [2.24, 2.45) is 4.99 Å². The molecule has 96 valence electrons. The van der Waals surface area contributed by atoms with Crippen molar-refractivity contribution in [1.82, 2.24) is 5.32 Å². The normalized spacial score (nSPS) is 43.1. The third-order valence-electron chi connectivity index (χ3n) is 2.76. The van der Waals surface area contributed by atoms with Gasteiger partial charge in [0.15, 0.2) is 11.3 Å². The number of amidine groups is 1. The number of nitrogens with zero attached hydrogens (tertiary/aromatic N) is 1. The standard InChI is InChI=1S/C9H14N2O5S/c1-10-9-11-3-4(12)5(13)6(7(14)15-2)16-8(3)17-9/h3-6,8,12-13H,1-2H3,(H,10,11). The van der Waals surface area contributed by atoms with Gasteiger partial charge in [-0.05, 0) is 0 Å². The number of aliphatic hydroxyl groups is 2. The van der Waals surface area contributed by atoms with Gasteiger partial charge in [0.05, 0.1) is 13.2 Å². The van der Waals surface area contributed by atoms with Crippen LogP contribution in [0.25, 0.3) is 0 Å². The number of methoxy groups -OCH3 is 1. The van der Waals surface area contributed by atoms with Crippen molar-refractivity contribution in [1.29, 1.82) is 0 Å². The molecule has 5 unspecified atom stereocenters. The molecule has 0 spiro atoms. The number of nitrogens with one attached hydrogen (secondary N) is 1. The number of aliphatic imine (C=N–C) groups is 1. The van der Waals surface area contributed by atoms with Crippen molar-refractivity contribution in [2.75, 3.05) is 14.2 Å². The number of ether oxygens (including phenoxy) is 2. The Labute approximate surface area is 102 Å². The molecule has 0 radical (unpaired) electrons. The van der Waals surface area contributed by atoms with Gasteiger partial charge in [-0.3, -0.25) is 4.99 Å². The molecule has 2 aliphatic heterocycles. The maximum atomic E-state index is 11.4. The minimum Gasteiger partial charge on any atom is -0.467 e. The van der Waals surface area contributed by atoms with E-state index in [0.717, 1.165) is 0 Å². The molecule has 17 heavy (non-hydrogen) atoms. The molecule has 0 aliphatic carbocycles. The summed E-state index contributed by atoms with van der Waals surface area (Å²) >= 11 is 1.27. The van der Waals surface area contributed by atoms with Crippen molar-refractivity contribution in [3.8, 4) is 0 Å². The molecule has 2 fully saturated rings. The largest absolute Gasteiger partial charge is 0.467 e. The first-order chi connectivity index (χ1) is 8.08. The van der Waals surface area contributed by atoms with Gasteiger partial charge in [-0.15, -0.1) is 0 Å². The molecule has 0 aromatic carbocycles. The topological polar surface area (TPSA) is 100 Å². The number of rotatable bonds is 1. The molecule has 0 bridgehead atoms. The maximum Gasteiger partial charge on any atom is 0.337 e. The molecule has 8 heteroatoms. The molecular weight excluding hydrogens is 248 g/mol. The fraction of sp³-hybridized carbons (Fsp3) is 0.778. The molecule has 3 N–H and O–H groups in total. The lowest BCUT2D eigenvalue weighted by Crippen LogP contribution is -2.60. The number of carbonyl (C=O) groups is 1. The van der Waals surface area contributed by atoms with Crippen LogP contribution >= 0.6 is 11.8 Å². The van der Waals surface area contributed by atoms with Gasteiger partial charge in [0.1, 0.15) is 17.6 Å². The van der Waals surface area contributed by atoms with E-state index in [2.05, 4.69) is 15.0 Å². The summed E-state index contributed by atoms with van der Waals surface area (Å²) in [5.41, 5.74) is -0.462. The Balaban J connectivity index is 2.16. The molecular formula is C9H14N2O5S. The van der Waals surface area contributed by atoms with E-state index in [1.54, 1.807) is 7.05 Å². The average Bonchev–Trinajstić information content (AvgIpc) is 2.76. The predicted molar refractivity (Wildman–Crippen MR) is 60.6 cm³/mol. The Bertz CT molecular complexity index is 350. The molecule has 0 aromatic rings. The summed E-state index contributed by atoms with van der Waals surface area (Å²) in [6.45, 7) is 0. The van der Waals surface area contributed by atoms with Gasteiger partial charge in [0.25, 0.3) is 0 Å². The molecule has 2 heterocycles. The van der Waals surface area contributed by atoms with Crippen LogP contribution in [0.5, 0.6) is 0 Å². The van der Waals surface area contributed by atoms with Crippen LogP contribution < -0.4 is 5.32 Å². The van der Waals surface area contributed by atoms with Crippen molar-refractivity contribution >= 4 is 22.9 Å².